The van der Waals surface area contributed by atoms with Crippen molar-refractivity contribution >= 4 is 0 Å². The van der Waals surface area contributed by atoms with E-state index in [4.69, 9.17) is 4.74 Å². The first-order valence-corrected chi connectivity index (χ1v) is 6.93. The molecule has 0 saturated heterocycles. The van der Waals surface area contributed by atoms with Crippen LogP contribution in [-0.4, -0.2) is 30.0 Å². The lowest BCUT2D eigenvalue weighted by molar-refractivity contribution is 0.108. The number of phenols is 1. The van der Waals surface area contributed by atoms with Crippen LogP contribution in [0.25, 0.3) is 0 Å². The number of aliphatic hydroxyl groups is 1. The molecule has 0 heterocycles. The third-order valence-electron chi connectivity index (χ3n) is 3.85. The topological polar surface area (TPSA) is 61.7 Å². The van der Waals surface area contributed by atoms with E-state index in [1.54, 1.807) is 19.2 Å². The summed E-state index contributed by atoms with van der Waals surface area (Å²) >= 11 is 0. The van der Waals surface area contributed by atoms with Gasteiger partial charge in [0.1, 0.15) is 11.5 Å². The number of rotatable bonds is 5. The maximum atomic E-state index is 9.77. The maximum absolute atomic E-state index is 9.77. The number of methoxy groups -OCH3 is 1. The lowest BCUT2D eigenvalue weighted by Gasteiger charge is -2.25. The summed E-state index contributed by atoms with van der Waals surface area (Å²) in [6.45, 7) is 1.57. The highest BCUT2D eigenvalue weighted by Gasteiger charge is 2.18. The Labute approximate surface area is 114 Å². The van der Waals surface area contributed by atoms with Crippen molar-refractivity contribution < 1.29 is 14.9 Å². The van der Waals surface area contributed by atoms with Crippen molar-refractivity contribution in [2.75, 3.05) is 13.7 Å². The lowest BCUT2D eigenvalue weighted by atomic mass is 9.87. The molecule has 1 aromatic carbocycles. The molecule has 106 valence electrons. The van der Waals surface area contributed by atoms with E-state index in [2.05, 4.69) is 5.32 Å². The summed E-state index contributed by atoms with van der Waals surface area (Å²) < 4.78 is 5.15. The van der Waals surface area contributed by atoms with Crippen molar-refractivity contribution in [2.24, 2.45) is 5.92 Å². The molecular weight excluding hydrogens is 242 g/mol. The standard InChI is InChI=1S/C15H23NO3/c1-19-14-6-7-15(18)12(8-14)10-16-9-11-2-4-13(17)5-3-11/h6-8,11,13,16-18H,2-5,9-10H2,1H3. The number of hydrogen-bond donors (Lipinski definition) is 3. The van der Waals surface area contributed by atoms with Crippen LogP contribution in [-0.2, 0) is 6.54 Å². The fourth-order valence-electron chi connectivity index (χ4n) is 2.59. The fourth-order valence-corrected chi connectivity index (χ4v) is 2.59. The smallest absolute Gasteiger partial charge is 0.120 e. The van der Waals surface area contributed by atoms with Gasteiger partial charge in [0.15, 0.2) is 0 Å². The molecule has 19 heavy (non-hydrogen) atoms. The fraction of sp³-hybridized carbons (Fsp3) is 0.600. The van der Waals surface area contributed by atoms with Crippen LogP contribution in [0.5, 0.6) is 11.5 Å². The minimum atomic E-state index is -0.0984. The van der Waals surface area contributed by atoms with Crippen LogP contribution in [0.3, 0.4) is 0 Å². The Bertz CT molecular complexity index is 400. The van der Waals surface area contributed by atoms with Gasteiger partial charge in [0.05, 0.1) is 13.2 Å². The number of benzene rings is 1. The number of aromatic hydroxyl groups is 1. The van der Waals surface area contributed by atoms with Crippen LogP contribution in [0, 0.1) is 5.92 Å². The molecule has 0 unspecified atom stereocenters. The van der Waals surface area contributed by atoms with Gasteiger partial charge in [-0.05, 0) is 56.3 Å². The second-order valence-electron chi connectivity index (χ2n) is 5.30. The van der Waals surface area contributed by atoms with Crippen LogP contribution < -0.4 is 10.1 Å². The van der Waals surface area contributed by atoms with Crippen molar-refractivity contribution in [2.45, 2.75) is 38.3 Å². The lowest BCUT2D eigenvalue weighted by Crippen LogP contribution is -2.27. The summed E-state index contributed by atoms with van der Waals surface area (Å²) in [6.07, 6.45) is 3.89. The first-order valence-electron chi connectivity index (χ1n) is 6.93. The second-order valence-corrected chi connectivity index (χ2v) is 5.30. The van der Waals surface area contributed by atoms with Crippen molar-refractivity contribution in [1.82, 2.24) is 5.32 Å². The van der Waals surface area contributed by atoms with Crippen molar-refractivity contribution in [1.29, 1.82) is 0 Å². The summed E-state index contributed by atoms with van der Waals surface area (Å²) in [5.41, 5.74) is 0.857. The molecule has 0 amide bonds. The molecule has 0 spiro atoms. The van der Waals surface area contributed by atoms with Crippen LogP contribution in [0.2, 0.25) is 0 Å². The van der Waals surface area contributed by atoms with E-state index in [9.17, 15) is 10.2 Å². The normalized spacial score (nSPS) is 23.3. The molecule has 0 aliphatic heterocycles. The summed E-state index contributed by atoms with van der Waals surface area (Å²) in [5.74, 6) is 1.69. The van der Waals surface area contributed by atoms with Gasteiger partial charge in [-0.1, -0.05) is 0 Å². The first kappa shape index (κ1) is 14.2. The molecule has 4 nitrogen and oxygen atoms in total. The van der Waals surface area contributed by atoms with Gasteiger partial charge < -0.3 is 20.3 Å². The van der Waals surface area contributed by atoms with Crippen LogP contribution in [0.15, 0.2) is 18.2 Å². The number of nitrogens with one attached hydrogen (secondary N) is 1. The zero-order chi connectivity index (χ0) is 13.7. The van der Waals surface area contributed by atoms with Crippen LogP contribution >= 0.6 is 0 Å². The maximum Gasteiger partial charge on any atom is 0.120 e. The van der Waals surface area contributed by atoms with Crippen LogP contribution in [0.4, 0.5) is 0 Å². The number of phenolic OH excluding ortho intramolecular Hbond substituents is 1. The van der Waals surface area contributed by atoms with E-state index in [1.165, 1.54) is 0 Å². The molecule has 1 aliphatic rings. The Morgan fingerprint density at radius 2 is 2.00 bits per heavy atom. The Morgan fingerprint density at radius 3 is 2.68 bits per heavy atom. The highest BCUT2D eigenvalue weighted by molar-refractivity contribution is 5.39. The van der Waals surface area contributed by atoms with E-state index >= 15 is 0 Å². The molecule has 1 fully saturated rings. The minimum Gasteiger partial charge on any atom is -0.508 e. The molecule has 3 N–H and O–H groups in total. The van der Waals surface area contributed by atoms with E-state index in [1.807, 2.05) is 6.07 Å². The van der Waals surface area contributed by atoms with E-state index < -0.39 is 0 Å². The molecular formula is C15H23NO3. The number of hydrogen-bond acceptors (Lipinski definition) is 4. The summed E-state index contributed by atoms with van der Waals surface area (Å²) in [5, 5.41) is 22.6. The largest absolute Gasteiger partial charge is 0.508 e. The average Bonchev–Trinajstić information content (AvgIpc) is 2.43. The minimum absolute atomic E-state index is 0.0984. The molecule has 1 aliphatic carbocycles. The quantitative estimate of drug-likeness (QED) is 0.762. The third-order valence-corrected chi connectivity index (χ3v) is 3.85. The molecule has 0 bridgehead atoms. The van der Waals surface area contributed by atoms with Gasteiger partial charge in [-0.2, -0.15) is 0 Å². The molecule has 4 heteroatoms. The van der Waals surface area contributed by atoms with Gasteiger partial charge in [-0.25, -0.2) is 0 Å². The van der Waals surface area contributed by atoms with Crippen LogP contribution in [0.1, 0.15) is 31.2 Å². The molecule has 0 atom stereocenters. The van der Waals surface area contributed by atoms with Crippen molar-refractivity contribution in [3.63, 3.8) is 0 Å². The van der Waals surface area contributed by atoms with Gasteiger partial charge in [-0.3, -0.25) is 0 Å². The predicted molar refractivity (Wildman–Crippen MR) is 74.3 cm³/mol. The highest BCUT2D eigenvalue weighted by atomic mass is 16.5. The van der Waals surface area contributed by atoms with Gasteiger partial charge in [0.25, 0.3) is 0 Å². The SMILES string of the molecule is COc1ccc(O)c(CNCC2CCC(O)CC2)c1. The van der Waals surface area contributed by atoms with E-state index in [0.29, 0.717) is 18.2 Å². The third kappa shape index (κ3) is 4.11. The zero-order valence-electron chi connectivity index (χ0n) is 11.4. The van der Waals surface area contributed by atoms with Gasteiger partial charge in [-0.15, -0.1) is 0 Å². The average molecular weight is 265 g/mol. The molecule has 1 aromatic rings. The Morgan fingerprint density at radius 1 is 1.26 bits per heavy atom. The molecule has 1 saturated carbocycles. The van der Waals surface area contributed by atoms with Gasteiger partial charge in [0.2, 0.25) is 0 Å². The van der Waals surface area contributed by atoms with Crippen molar-refractivity contribution in [3.05, 3.63) is 23.8 Å². The summed E-state index contributed by atoms with van der Waals surface area (Å²) in [4.78, 5) is 0. The van der Waals surface area contributed by atoms with Crippen molar-refractivity contribution in [3.8, 4) is 11.5 Å². The number of aliphatic hydroxyl groups excluding tert-OH is 1. The summed E-state index contributed by atoms with van der Waals surface area (Å²) in [7, 11) is 1.62. The first-order chi connectivity index (χ1) is 9.19. The molecule has 2 rings (SSSR count). The predicted octanol–water partition coefficient (Wildman–Crippen LogP) is 2.04. The Balaban J connectivity index is 1.79. The van der Waals surface area contributed by atoms with Gasteiger partial charge >= 0.3 is 0 Å². The Hall–Kier alpha value is -1.26. The van der Waals surface area contributed by atoms with Gasteiger partial charge in [0, 0.05) is 12.1 Å². The molecule has 0 aromatic heterocycles. The molecule has 0 radical (unpaired) electrons. The zero-order valence-corrected chi connectivity index (χ0v) is 11.4. The number of ether oxygens (including phenoxy) is 1. The highest BCUT2D eigenvalue weighted by Crippen LogP contribution is 2.25. The van der Waals surface area contributed by atoms with E-state index in [-0.39, 0.29) is 6.10 Å². The monoisotopic (exact) mass is 265 g/mol. The summed E-state index contributed by atoms with van der Waals surface area (Å²) in [6, 6.07) is 5.27. The second kappa shape index (κ2) is 6.78. The Kier molecular flexibility index (Phi) is 5.05. The van der Waals surface area contributed by atoms with E-state index in [0.717, 1.165) is 43.5 Å².